The summed E-state index contributed by atoms with van der Waals surface area (Å²) in [5, 5.41) is 6.06. The van der Waals surface area contributed by atoms with E-state index in [1.54, 1.807) is 0 Å². The Kier molecular flexibility index (Phi) is 2.83. The number of fused-ring (bicyclic) bond motifs is 1. The van der Waals surface area contributed by atoms with Gasteiger partial charge in [-0.2, -0.15) is 0 Å². The number of hydrogen-bond donors (Lipinski definition) is 1. The number of hydrogen-bond acceptors (Lipinski definition) is 2. The third-order valence-electron chi connectivity index (χ3n) is 3.37. The van der Waals surface area contributed by atoms with Crippen molar-refractivity contribution >= 4 is 10.8 Å². The summed E-state index contributed by atoms with van der Waals surface area (Å²) in [5.74, 6) is 0. The summed E-state index contributed by atoms with van der Waals surface area (Å²) in [5.41, 5.74) is 1.29. The normalized spacial score (nSPS) is 25.0. The maximum Gasteiger partial charge on any atom is 0.0956 e. The molecule has 0 bridgehead atoms. The van der Waals surface area contributed by atoms with Gasteiger partial charge in [-0.15, -0.1) is 0 Å². The van der Waals surface area contributed by atoms with Crippen molar-refractivity contribution in [3.05, 3.63) is 48.0 Å². The smallest absolute Gasteiger partial charge is 0.0956 e. The van der Waals surface area contributed by atoms with Gasteiger partial charge < -0.3 is 10.1 Å². The lowest BCUT2D eigenvalue weighted by Crippen LogP contribution is -2.40. The molecule has 2 heteroatoms. The molecular weight excluding hydrogens is 210 g/mol. The predicted octanol–water partition coefficient (Wildman–Crippen LogP) is 2.89. The summed E-state index contributed by atoms with van der Waals surface area (Å²) in [6.07, 6.45) is 0.178. The lowest BCUT2D eigenvalue weighted by Gasteiger charge is -2.29. The molecular formula is C15H17NO. The molecule has 2 nitrogen and oxygen atoms in total. The summed E-state index contributed by atoms with van der Waals surface area (Å²) in [4.78, 5) is 0. The lowest BCUT2D eigenvalue weighted by molar-refractivity contribution is 0.00778. The monoisotopic (exact) mass is 227 g/mol. The van der Waals surface area contributed by atoms with Gasteiger partial charge in [-0.05, 0) is 23.3 Å². The van der Waals surface area contributed by atoms with Crippen LogP contribution in [0.3, 0.4) is 0 Å². The fraction of sp³-hybridized carbons (Fsp3) is 0.333. The second-order valence-corrected chi connectivity index (χ2v) is 4.70. The van der Waals surface area contributed by atoms with Gasteiger partial charge >= 0.3 is 0 Å². The minimum atomic E-state index is 0.178. The molecule has 0 radical (unpaired) electrons. The highest BCUT2D eigenvalue weighted by molar-refractivity contribution is 5.86. The Hall–Kier alpha value is -1.38. The van der Waals surface area contributed by atoms with Gasteiger partial charge in [0.2, 0.25) is 0 Å². The van der Waals surface area contributed by atoms with Crippen LogP contribution >= 0.6 is 0 Å². The Balaban J connectivity index is 2.00. The Morgan fingerprint density at radius 1 is 1.12 bits per heavy atom. The zero-order valence-corrected chi connectivity index (χ0v) is 10.0. The van der Waals surface area contributed by atoms with E-state index in [9.17, 15) is 0 Å². The van der Waals surface area contributed by atoms with Crippen LogP contribution in [-0.2, 0) is 4.74 Å². The van der Waals surface area contributed by atoms with Gasteiger partial charge in [0.25, 0.3) is 0 Å². The number of nitrogens with one attached hydrogen (secondary N) is 1. The summed E-state index contributed by atoms with van der Waals surface area (Å²) in [6.45, 7) is 3.84. The number of ether oxygens (including phenoxy) is 1. The molecule has 1 aliphatic rings. The molecule has 88 valence electrons. The molecule has 1 saturated heterocycles. The first-order chi connectivity index (χ1) is 8.34. The second kappa shape index (κ2) is 4.47. The summed E-state index contributed by atoms with van der Waals surface area (Å²) >= 11 is 0. The van der Waals surface area contributed by atoms with Crippen LogP contribution in [0.2, 0.25) is 0 Å². The first-order valence-electron chi connectivity index (χ1n) is 6.17. The molecule has 17 heavy (non-hydrogen) atoms. The quantitative estimate of drug-likeness (QED) is 0.808. The Bertz CT molecular complexity index is 510. The first-order valence-corrected chi connectivity index (χ1v) is 6.17. The van der Waals surface area contributed by atoms with Gasteiger partial charge in [0.05, 0.1) is 12.7 Å². The molecule has 1 fully saturated rings. The molecule has 1 aliphatic heterocycles. The molecule has 0 saturated carbocycles. The zero-order chi connectivity index (χ0) is 11.7. The van der Waals surface area contributed by atoms with Crippen LogP contribution in [0.15, 0.2) is 42.5 Å². The van der Waals surface area contributed by atoms with Crippen LogP contribution < -0.4 is 5.32 Å². The van der Waals surface area contributed by atoms with E-state index in [2.05, 4.69) is 54.7 Å². The number of morpholine rings is 1. The maximum absolute atomic E-state index is 5.92. The van der Waals surface area contributed by atoms with E-state index in [4.69, 9.17) is 4.74 Å². The van der Waals surface area contributed by atoms with Crippen molar-refractivity contribution in [1.82, 2.24) is 5.32 Å². The predicted molar refractivity (Wildman–Crippen MR) is 70.1 cm³/mol. The van der Waals surface area contributed by atoms with Gasteiger partial charge in [-0.3, -0.25) is 0 Å². The molecule has 1 N–H and O–H groups in total. The van der Waals surface area contributed by atoms with Gasteiger partial charge in [-0.1, -0.05) is 42.5 Å². The van der Waals surface area contributed by atoms with Crippen LogP contribution in [0.5, 0.6) is 0 Å². The van der Waals surface area contributed by atoms with E-state index >= 15 is 0 Å². The Morgan fingerprint density at radius 3 is 2.76 bits per heavy atom. The zero-order valence-electron chi connectivity index (χ0n) is 10.0. The van der Waals surface area contributed by atoms with E-state index in [-0.39, 0.29) is 6.10 Å². The first kappa shape index (κ1) is 10.8. The minimum absolute atomic E-state index is 0.178. The molecule has 3 rings (SSSR count). The van der Waals surface area contributed by atoms with Crippen molar-refractivity contribution in [2.45, 2.75) is 19.1 Å². The SMILES string of the molecule is CC1COC(c2cccc3ccccc23)CN1. The van der Waals surface area contributed by atoms with Crippen LogP contribution in [0.1, 0.15) is 18.6 Å². The van der Waals surface area contributed by atoms with Crippen molar-refractivity contribution in [3.8, 4) is 0 Å². The van der Waals surface area contributed by atoms with Crippen LogP contribution in [-0.4, -0.2) is 19.2 Å². The van der Waals surface area contributed by atoms with E-state index in [1.165, 1.54) is 16.3 Å². The molecule has 2 aromatic carbocycles. The average molecular weight is 227 g/mol. The van der Waals surface area contributed by atoms with Crippen LogP contribution in [0, 0.1) is 0 Å². The van der Waals surface area contributed by atoms with Crippen molar-refractivity contribution in [2.75, 3.05) is 13.2 Å². The molecule has 1 heterocycles. The van der Waals surface area contributed by atoms with Crippen molar-refractivity contribution in [3.63, 3.8) is 0 Å². The van der Waals surface area contributed by atoms with Gasteiger partial charge in [-0.25, -0.2) is 0 Å². The van der Waals surface area contributed by atoms with Crippen molar-refractivity contribution in [2.24, 2.45) is 0 Å². The topological polar surface area (TPSA) is 21.3 Å². The molecule has 0 aromatic heterocycles. The van der Waals surface area contributed by atoms with Gasteiger partial charge in [0.15, 0.2) is 0 Å². The largest absolute Gasteiger partial charge is 0.371 e. The average Bonchev–Trinajstić information content (AvgIpc) is 2.39. The van der Waals surface area contributed by atoms with E-state index in [0.717, 1.165) is 13.2 Å². The summed E-state index contributed by atoms with van der Waals surface area (Å²) in [7, 11) is 0. The maximum atomic E-state index is 5.92. The molecule has 2 atom stereocenters. The highest BCUT2D eigenvalue weighted by Crippen LogP contribution is 2.27. The Morgan fingerprint density at radius 2 is 1.94 bits per heavy atom. The van der Waals surface area contributed by atoms with E-state index in [1.807, 2.05) is 0 Å². The summed E-state index contributed by atoms with van der Waals surface area (Å²) < 4.78 is 5.92. The van der Waals surface area contributed by atoms with Gasteiger partial charge in [0.1, 0.15) is 0 Å². The molecule has 0 aliphatic carbocycles. The molecule has 0 spiro atoms. The van der Waals surface area contributed by atoms with Crippen LogP contribution in [0.25, 0.3) is 10.8 Å². The second-order valence-electron chi connectivity index (χ2n) is 4.70. The summed E-state index contributed by atoms with van der Waals surface area (Å²) in [6, 6.07) is 15.4. The lowest BCUT2D eigenvalue weighted by atomic mass is 9.99. The van der Waals surface area contributed by atoms with E-state index in [0.29, 0.717) is 6.04 Å². The highest BCUT2D eigenvalue weighted by atomic mass is 16.5. The third-order valence-corrected chi connectivity index (χ3v) is 3.37. The Labute approximate surface area is 102 Å². The third kappa shape index (κ3) is 2.06. The van der Waals surface area contributed by atoms with E-state index < -0.39 is 0 Å². The molecule has 0 amide bonds. The standard InChI is InChI=1S/C15H17NO/c1-11-10-17-15(9-16-11)14-8-4-6-12-5-2-3-7-13(12)14/h2-8,11,15-16H,9-10H2,1H3. The minimum Gasteiger partial charge on any atom is -0.371 e. The van der Waals surface area contributed by atoms with Crippen molar-refractivity contribution in [1.29, 1.82) is 0 Å². The fourth-order valence-corrected chi connectivity index (χ4v) is 2.42. The van der Waals surface area contributed by atoms with Gasteiger partial charge in [0, 0.05) is 12.6 Å². The highest BCUT2D eigenvalue weighted by Gasteiger charge is 2.20. The van der Waals surface area contributed by atoms with Crippen molar-refractivity contribution < 1.29 is 4.74 Å². The molecule has 2 aromatic rings. The fourth-order valence-electron chi connectivity index (χ4n) is 2.42. The number of benzene rings is 2. The molecule has 2 unspecified atom stereocenters. The van der Waals surface area contributed by atoms with Crippen LogP contribution in [0.4, 0.5) is 0 Å². The number of rotatable bonds is 1.